The van der Waals surface area contributed by atoms with Crippen LogP contribution in [0.4, 0.5) is 0 Å². The van der Waals surface area contributed by atoms with E-state index in [1.54, 1.807) is 6.07 Å². The van der Waals surface area contributed by atoms with E-state index in [9.17, 15) is 9.90 Å². The van der Waals surface area contributed by atoms with Crippen LogP contribution in [0.1, 0.15) is 10.4 Å². The van der Waals surface area contributed by atoms with Gasteiger partial charge in [-0.05, 0) is 24.3 Å². The standard InChI is InChI=1S/C13H10O3/c14-9-10-6-7-12(8-13(10)15)16-11-4-2-1-3-5-11/h1-9,15H. The third-order valence-electron chi connectivity index (χ3n) is 2.11. The maximum atomic E-state index is 10.5. The number of hydrogen-bond acceptors (Lipinski definition) is 3. The quantitative estimate of drug-likeness (QED) is 0.799. The molecule has 0 spiro atoms. The molecular formula is C13H10O3. The van der Waals surface area contributed by atoms with E-state index < -0.39 is 0 Å². The van der Waals surface area contributed by atoms with Crippen molar-refractivity contribution in [3.05, 3.63) is 54.1 Å². The number of ether oxygens (including phenoxy) is 1. The molecule has 2 aromatic carbocycles. The van der Waals surface area contributed by atoms with Crippen LogP contribution in [0.15, 0.2) is 48.5 Å². The number of phenols is 1. The van der Waals surface area contributed by atoms with Gasteiger partial charge < -0.3 is 9.84 Å². The van der Waals surface area contributed by atoms with Gasteiger partial charge in [-0.2, -0.15) is 0 Å². The van der Waals surface area contributed by atoms with Crippen LogP contribution >= 0.6 is 0 Å². The fourth-order valence-corrected chi connectivity index (χ4v) is 1.31. The molecule has 0 aliphatic heterocycles. The van der Waals surface area contributed by atoms with Crippen molar-refractivity contribution in [3.8, 4) is 17.2 Å². The zero-order valence-corrected chi connectivity index (χ0v) is 8.46. The van der Waals surface area contributed by atoms with E-state index in [2.05, 4.69) is 0 Å². The highest BCUT2D eigenvalue weighted by Gasteiger charge is 2.02. The van der Waals surface area contributed by atoms with Crippen LogP contribution in [0.25, 0.3) is 0 Å². The summed E-state index contributed by atoms with van der Waals surface area (Å²) in [5, 5.41) is 9.46. The predicted molar refractivity (Wildman–Crippen MR) is 60.0 cm³/mol. The van der Waals surface area contributed by atoms with E-state index in [4.69, 9.17) is 4.74 Å². The van der Waals surface area contributed by atoms with Crippen molar-refractivity contribution >= 4 is 6.29 Å². The Labute approximate surface area is 92.9 Å². The Bertz CT molecular complexity index is 492. The first-order chi connectivity index (χ1) is 7.79. The Hall–Kier alpha value is -2.29. The lowest BCUT2D eigenvalue weighted by Gasteiger charge is -2.06. The van der Waals surface area contributed by atoms with Crippen molar-refractivity contribution in [1.82, 2.24) is 0 Å². The number of rotatable bonds is 3. The Morgan fingerprint density at radius 1 is 1.00 bits per heavy atom. The summed E-state index contributed by atoms with van der Waals surface area (Å²) >= 11 is 0. The number of aromatic hydroxyl groups is 1. The SMILES string of the molecule is O=Cc1ccc(Oc2ccccc2)cc1O. The molecule has 1 N–H and O–H groups in total. The van der Waals surface area contributed by atoms with Gasteiger partial charge >= 0.3 is 0 Å². The minimum atomic E-state index is -0.0802. The fourth-order valence-electron chi connectivity index (χ4n) is 1.31. The smallest absolute Gasteiger partial charge is 0.153 e. The molecule has 0 aromatic heterocycles. The van der Waals surface area contributed by atoms with Crippen molar-refractivity contribution < 1.29 is 14.6 Å². The van der Waals surface area contributed by atoms with E-state index in [1.165, 1.54) is 12.1 Å². The van der Waals surface area contributed by atoms with Gasteiger partial charge in [0.05, 0.1) is 5.56 Å². The number of carbonyl (C=O) groups is 1. The van der Waals surface area contributed by atoms with Crippen molar-refractivity contribution in [2.24, 2.45) is 0 Å². The summed E-state index contributed by atoms with van der Waals surface area (Å²) in [4.78, 5) is 10.5. The zero-order valence-electron chi connectivity index (χ0n) is 8.46. The van der Waals surface area contributed by atoms with Crippen LogP contribution in [-0.4, -0.2) is 11.4 Å². The molecule has 0 atom stereocenters. The van der Waals surface area contributed by atoms with Crippen LogP contribution in [0, 0.1) is 0 Å². The first kappa shape index (κ1) is 10.2. The molecule has 0 heterocycles. The van der Waals surface area contributed by atoms with Crippen LogP contribution in [0.3, 0.4) is 0 Å². The number of carbonyl (C=O) groups excluding carboxylic acids is 1. The number of para-hydroxylation sites is 1. The average molecular weight is 214 g/mol. The number of benzene rings is 2. The second-order valence-corrected chi connectivity index (χ2v) is 3.25. The molecule has 0 aliphatic rings. The summed E-state index contributed by atoms with van der Waals surface area (Å²) in [5.41, 5.74) is 0.250. The Morgan fingerprint density at radius 2 is 1.75 bits per heavy atom. The molecule has 0 fully saturated rings. The van der Waals surface area contributed by atoms with Gasteiger partial charge in [0.1, 0.15) is 17.2 Å². The Morgan fingerprint density at radius 3 is 2.38 bits per heavy atom. The van der Waals surface area contributed by atoms with Gasteiger partial charge in [-0.15, -0.1) is 0 Å². The molecule has 0 bridgehead atoms. The highest BCUT2D eigenvalue weighted by molar-refractivity contribution is 5.79. The van der Waals surface area contributed by atoms with Gasteiger partial charge in [0.2, 0.25) is 0 Å². The Balaban J connectivity index is 2.23. The molecule has 3 nitrogen and oxygen atoms in total. The van der Waals surface area contributed by atoms with Gasteiger partial charge in [0.15, 0.2) is 6.29 Å². The van der Waals surface area contributed by atoms with Crippen molar-refractivity contribution in [2.45, 2.75) is 0 Å². The van der Waals surface area contributed by atoms with E-state index >= 15 is 0 Å². The number of hydrogen-bond donors (Lipinski definition) is 1. The van der Waals surface area contributed by atoms with Crippen molar-refractivity contribution in [2.75, 3.05) is 0 Å². The maximum absolute atomic E-state index is 10.5. The molecule has 3 heteroatoms. The molecule has 0 radical (unpaired) electrons. The minimum Gasteiger partial charge on any atom is -0.507 e. The second kappa shape index (κ2) is 4.49. The normalized spacial score (nSPS) is 9.75. The lowest BCUT2D eigenvalue weighted by atomic mass is 10.2. The third-order valence-corrected chi connectivity index (χ3v) is 2.11. The summed E-state index contributed by atoms with van der Waals surface area (Å²) < 4.78 is 5.48. The van der Waals surface area contributed by atoms with E-state index in [1.807, 2.05) is 30.3 Å². The fraction of sp³-hybridized carbons (Fsp3) is 0. The second-order valence-electron chi connectivity index (χ2n) is 3.25. The van der Waals surface area contributed by atoms with Gasteiger partial charge in [0.25, 0.3) is 0 Å². The van der Waals surface area contributed by atoms with E-state index in [-0.39, 0.29) is 11.3 Å². The maximum Gasteiger partial charge on any atom is 0.153 e. The van der Waals surface area contributed by atoms with E-state index in [0.717, 1.165) is 0 Å². The van der Waals surface area contributed by atoms with Gasteiger partial charge in [-0.3, -0.25) is 4.79 Å². The predicted octanol–water partition coefficient (Wildman–Crippen LogP) is 3.00. The largest absolute Gasteiger partial charge is 0.507 e. The summed E-state index contributed by atoms with van der Waals surface area (Å²) in [7, 11) is 0. The van der Waals surface area contributed by atoms with Crippen molar-refractivity contribution in [1.29, 1.82) is 0 Å². The average Bonchev–Trinajstić information content (AvgIpc) is 2.31. The highest BCUT2D eigenvalue weighted by Crippen LogP contribution is 2.26. The minimum absolute atomic E-state index is 0.0802. The summed E-state index contributed by atoms with van der Waals surface area (Å²) in [5.74, 6) is 1.10. The molecule has 2 rings (SSSR count). The number of aldehydes is 1. The van der Waals surface area contributed by atoms with Crippen LogP contribution in [0.5, 0.6) is 17.2 Å². The Kier molecular flexibility index (Phi) is 2.87. The lowest BCUT2D eigenvalue weighted by molar-refractivity contribution is 0.112. The first-order valence-corrected chi connectivity index (χ1v) is 4.80. The summed E-state index contributed by atoms with van der Waals surface area (Å²) in [6.45, 7) is 0. The lowest BCUT2D eigenvalue weighted by Crippen LogP contribution is -1.86. The molecule has 0 amide bonds. The summed E-state index contributed by atoms with van der Waals surface area (Å²) in [6, 6.07) is 13.8. The van der Waals surface area contributed by atoms with Gasteiger partial charge in [-0.1, -0.05) is 18.2 Å². The molecule has 0 saturated heterocycles. The molecule has 2 aromatic rings. The number of phenolic OH excluding ortho intramolecular Hbond substituents is 1. The molecule has 80 valence electrons. The van der Waals surface area contributed by atoms with E-state index in [0.29, 0.717) is 17.8 Å². The van der Waals surface area contributed by atoms with Crippen LogP contribution in [-0.2, 0) is 0 Å². The van der Waals surface area contributed by atoms with Gasteiger partial charge in [-0.25, -0.2) is 0 Å². The molecular weight excluding hydrogens is 204 g/mol. The van der Waals surface area contributed by atoms with Crippen molar-refractivity contribution in [3.63, 3.8) is 0 Å². The zero-order chi connectivity index (χ0) is 11.4. The van der Waals surface area contributed by atoms with Crippen LogP contribution < -0.4 is 4.74 Å². The summed E-state index contributed by atoms with van der Waals surface area (Å²) in [6.07, 6.45) is 0.599. The monoisotopic (exact) mass is 214 g/mol. The topological polar surface area (TPSA) is 46.5 Å². The van der Waals surface area contributed by atoms with Crippen LogP contribution in [0.2, 0.25) is 0 Å². The first-order valence-electron chi connectivity index (χ1n) is 4.80. The highest BCUT2D eigenvalue weighted by atomic mass is 16.5. The molecule has 0 aliphatic carbocycles. The third kappa shape index (κ3) is 2.20. The molecule has 16 heavy (non-hydrogen) atoms. The van der Waals surface area contributed by atoms with Gasteiger partial charge in [0, 0.05) is 6.07 Å². The molecule has 0 saturated carbocycles. The molecule has 0 unspecified atom stereocenters.